The molecular weight excluding hydrogens is 342 g/mol. The second kappa shape index (κ2) is 7.36. The molecular formula is C18H16ClN3O3. The number of halogens is 1. The molecule has 0 aliphatic carbocycles. The molecule has 3 amide bonds. The van der Waals surface area contributed by atoms with E-state index in [-0.39, 0.29) is 18.9 Å². The molecule has 1 aliphatic rings. The molecule has 0 radical (unpaired) electrons. The van der Waals surface area contributed by atoms with E-state index in [1.165, 1.54) is 0 Å². The summed E-state index contributed by atoms with van der Waals surface area (Å²) in [7, 11) is 0. The number of hydrogen-bond donors (Lipinski definition) is 2. The first-order chi connectivity index (χ1) is 12.0. The summed E-state index contributed by atoms with van der Waals surface area (Å²) < 4.78 is 0. The summed E-state index contributed by atoms with van der Waals surface area (Å²) in [4.78, 5) is 37.9. The van der Waals surface area contributed by atoms with E-state index in [4.69, 9.17) is 11.6 Å². The van der Waals surface area contributed by atoms with Gasteiger partial charge in [0.1, 0.15) is 0 Å². The fraction of sp³-hybridized carbons (Fsp3) is 0.167. The number of hydrogen-bond acceptors (Lipinski definition) is 3. The normalized spacial score (nSPS) is 16.6. The molecule has 7 heteroatoms. The van der Waals surface area contributed by atoms with Crippen molar-refractivity contribution in [1.29, 1.82) is 0 Å². The SMILES string of the molecule is O=C(NNC(=O)C1CC(=O)N(c2ccc(Cl)cc2)C1)c1ccccc1. The van der Waals surface area contributed by atoms with Crippen molar-refractivity contribution in [2.45, 2.75) is 6.42 Å². The van der Waals surface area contributed by atoms with Crippen LogP contribution in [0.4, 0.5) is 5.69 Å². The van der Waals surface area contributed by atoms with Crippen molar-refractivity contribution < 1.29 is 14.4 Å². The average Bonchev–Trinajstić information content (AvgIpc) is 3.02. The highest BCUT2D eigenvalue weighted by Gasteiger charge is 2.35. The van der Waals surface area contributed by atoms with Gasteiger partial charge in [0, 0.05) is 29.2 Å². The van der Waals surface area contributed by atoms with Crippen molar-refractivity contribution in [3.63, 3.8) is 0 Å². The molecule has 0 spiro atoms. The molecule has 25 heavy (non-hydrogen) atoms. The van der Waals surface area contributed by atoms with Crippen molar-refractivity contribution in [2.24, 2.45) is 5.92 Å². The lowest BCUT2D eigenvalue weighted by molar-refractivity contribution is -0.126. The van der Waals surface area contributed by atoms with Crippen LogP contribution in [0.1, 0.15) is 16.8 Å². The Hall–Kier alpha value is -2.86. The average molecular weight is 358 g/mol. The maximum absolute atomic E-state index is 12.2. The van der Waals surface area contributed by atoms with E-state index in [2.05, 4.69) is 10.9 Å². The Balaban J connectivity index is 1.57. The molecule has 0 bridgehead atoms. The van der Waals surface area contributed by atoms with Crippen LogP contribution in [0.3, 0.4) is 0 Å². The van der Waals surface area contributed by atoms with Crippen LogP contribution in [0.5, 0.6) is 0 Å². The van der Waals surface area contributed by atoms with Crippen molar-refractivity contribution in [3.05, 3.63) is 65.2 Å². The predicted octanol–water partition coefficient (Wildman–Crippen LogP) is 2.15. The van der Waals surface area contributed by atoms with Crippen molar-refractivity contribution in [1.82, 2.24) is 10.9 Å². The van der Waals surface area contributed by atoms with Gasteiger partial charge in [-0.3, -0.25) is 25.2 Å². The first-order valence-electron chi connectivity index (χ1n) is 7.76. The summed E-state index contributed by atoms with van der Waals surface area (Å²) in [6, 6.07) is 15.4. The number of hydrazine groups is 1. The van der Waals surface area contributed by atoms with Gasteiger partial charge in [0.05, 0.1) is 5.92 Å². The van der Waals surface area contributed by atoms with Gasteiger partial charge in [-0.15, -0.1) is 0 Å². The second-order valence-corrected chi connectivity index (χ2v) is 6.13. The molecule has 2 aromatic carbocycles. The van der Waals surface area contributed by atoms with Crippen LogP contribution in [-0.2, 0) is 9.59 Å². The number of benzene rings is 2. The number of rotatable bonds is 3. The molecule has 0 saturated carbocycles. The summed E-state index contributed by atoms with van der Waals surface area (Å²) in [6.07, 6.45) is 0.0929. The Kier molecular flexibility index (Phi) is 5.00. The molecule has 1 heterocycles. The van der Waals surface area contributed by atoms with Crippen LogP contribution >= 0.6 is 11.6 Å². The maximum atomic E-state index is 12.2. The predicted molar refractivity (Wildman–Crippen MR) is 94.0 cm³/mol. The molecule has 1 saturated heterocycles. The van der Waals surface area contributed by atoms with E-state index >= 15 is 0 Å². The third-order valence-corrected chi connectivity index (χ3v) is 4.22. The standard InChI is InChI=1S/C18H16ClN3O3/c19-14-6-8-15(9-7-14)22-11-13(10-16(22)23)18(25)21-20-17(24)12-4-2-1-3-5-12/h1-9,13H,10-11H2,(H,20,24)(H,21,25). The monoisotopic (exact) mass is 357 g/mol. The van der Waals surface area contributed by atoms with Crippen LogP contribution in [0.15, 0.2) is 54.6 Å². The smallest absolute Gasteiger partial charge is 0.269 e. The summed E-state index contributed by atoms with van der Waals surface area (Å²) >= 11 is 5.85. The van der Waals surface area contributed by atoms with Crippen LogP contribution in [0, 0.1) is 5.92 Å². The molecule has 6 nitrogen and oxygen atoms in total. The third kappa shape index (κ3) is 3.97. The summed E-state index contributed by atoms with van der Waals surface area (Å²) in [5.74, 6) is -1.47. The van der Waals surface area contributed by atoms with E-state index in [1.54, 1.807) is 59.5 Å². The van der Waals surface area contributed by atoms with E-state index in [9.17, 15) is 14.4 Å². The molecule has 128 valence electrons. The van der Waals surface area contributed by atoms with Gasteiger partial charge < -0.3 is 4.90 Å². The lowest BCUT2D eigenvalue weighted by Gasteiger charge is -2.17. The quantitative estimate of drug-likeness (QED) is 0.826. The molecule has 3 rings (SSSR count). The largest absolute Gasteiger partial charge is 0.312 e. The lowest BCUT2D eigenvalue weighted by Crippen LogP contribution is -2.45. The molecule has 2 aromatic rings. The second-order valence-electron chi connectivity index (χ2n) is 5.69. The number of amides is 3. The highest BCUT2D eigenvalue weighted by atomic mass is 35.5. The first kappa shape index (κ1) is 17.0. The van der Waals surface area contributed by atoms with Gasteiger partial charge in [0.15, 0.2) is 0 Å². The topological polar surface area (TPSA) is 78.5 Å². The summed E-state index contributed by atoms with van der Waals surface area (Å²) in [5, 5.41) is 0.577. The van der Waals surface area contributed by atoms with Crippen LogP contribution in [-0.4, -0.2) is 24.3 Å². The molecule has 1 unspecified atom stereocenters. The van der Waals surface area contributed by atoms with Gasteiger partial charge in [-0.2, -0.15) is 0 Å². The maximum Gasteiger partial charge on any atom is 0.269 e. The number of nitrogens with one attached hydrogen (secondary N) is 2. The van der Waals surface area contributed by atoms with Gasteiger partial charge in [-0.05, 0) is 36.4 Å². The lowest BCUT2D eigenvalue weighted by atomic mass is 10.1. The zero-order valence-corrected chi connectivity index (χ0v) is 14.0. The Bertz CT molecular complexity index is 793. The Morgan fingerprint density at radius 2 is 1.68 bits per heavy atom. The van der Waals surface area contributed by atoms with Gasteiger partial charge >= 0.3 is 0 Å². The minimum Gasteiger partial charge on any atom is -0.312 e. The fourth-order valence-electron chi connectivity index (χ4n) is 2.64. The van der Waals surface area contributed by atoms with Crippen molar-refractivity contribution in [2.75, 3.05) is 11.4 Å². The van der Waals surface area contributed by atoms with E-state index < -0.39 is 17.7 Å². The fourth-order valence-corrected chi connectivity index (χ4v) is 2.76. The van der Waals surface area contributed by atoms with E-state index in [0.717, 1.165) is 0 Å². The van der Waals surface area contributed by atoms with Crippen molar-refractivity contribution in [3.8, 4) is 0 Å². The zero-order valence-electron chi connectivity index (χ0n) is 13.2. The molecule has 1 atom stereocenters. The van der Waals surface area contributed by atoms with E-state index in [0.29, 0.717) is 16.3 Å². The molecule has 1 fully saturated rings. The molecule has 0 aromatic heterocycles. The minimum atomic E-state index is -0.528. The van der Waals surface area contributed by atoms with Gasteiger partial charge in [-0.1, -0.05) is 29.8 Å². The highest BCUT2D eigenvalue weighted by molar-refractivity contribution is 6.30. The van der Waals surface area contributed by atoms with Gasteiger partial charge in [0.2, 0.25) is 11.8 Å². The van der Waals surface area contributed by atoms with Gasteiger partial charge in [-0.25, -0.2) is 0 Å². The Labute approximate surface area is 149 Å². The first-order valence-corrected chi connectivity index (χ1v) is 8.13. The van der Waals surface area contributed by atoms with Gasteiger partial charge in [0.25, 0.3) is 5.91 Å². The summed E-state index contributed by atoms with van der Waals surface area (Å²) in [6.45, 7) is 0.257. The van der Waals surface area contributed by atoms with Crippen LogP contribution in [0.2, 0.25) is 5.02 Å². The van der Waals surface area contributed by atoms with E-state index in [1.807, 2.05) is 0 Å². The Morgan fingerprint density at radius 1 is 1.00 bits per heavy atom. The Morgan fingerprint density at radius 3 is 2.36 bits per heavy atom. The third-order valence-electron chi connectivity index (χ3n) is 3.97. The highest BCUT2D eigenvalue weighted by Crippen LogP contribution is 2.26. The number of carbonyl (C=O) groups excluding carboxylic acids is 3. The molecule has 1 aliphatic heterocycles. The number of nitrogens with zero attached hydrogens (tertiary/aromatic N) is 1. The minimum absolute atomic E-state index is 0.0929. The van der Waals surface area contributed by atoms with Crippen molar-refractivity contribution >= 4 is 35.0 Å². The molecule has 2 N–H and O–H groups in total. The van der Waals surface area contributed by atoms with Crippen LogP contribution < -0.4 is 15.8 Å². The van der Waals surface area contributed by atoms with Crippen LogP contribution in [0.25, 0.3) is 0 Å². The number of anilines is 1. The summed E-state index contributed by atoms with van der Waals surface area (Å²) in [5.41, 5.74) is 5.88. The number of carbonyl (C=O) groups is 3. The zero-order chi connectivity index (χ0) is 17.8.